The standard InChI is InChI=1S/C17H27NO3/c1-16(2,3)21-15(20)18-11-14(17(4,5)12-19)13-9-7-6-8-10-13/h6-10,14,19H,11-12H2,1-5H3,(H,18,20). The van der Waals surface area contributed by atoms with Crippen LogP contribution in [-0.2, 0) is 4.74 Å². The van der Waals surface area contributed by atoms with Crippen LogP contribution < -0.4 is 5.32 Å². The molecule has 0 aliphatic carbocycles. The van der Waals surface area contributed by atoms with Crippen LogP contribution in [0.5, 0.6) is 0 Å². The fraction of sp³-hybridized carbons (Fsp3) is 0.588. The van der Waals surface area contributed by atoms with Gasteiger partial charge in [-0.1, -0.05) is 44.2 Å². The molecule has 1 aromatic carbocycles. The van der Waals surface area contributed by atoms with E-state index in [1.807, 2.05) is 65.0 Å². The Balaban J connectivity index is 2.79. The molecule has 1 rings (SSSR count). The van der Waals surface area contributed by atoms with Gasteiger partial charge < -0.3 is 15.2 Å². The number of benzene rings is 1. The van der Waals surface area contributed by atoms with Crippen LogP contribution in [-0.4, -0.2) is 30.0 Å². The summed E-state index contributed by atoms with van der Waals surface area (Å²) >= 11 is 0. The Morgan fingerprint density at radius 2 is 1.76 bits per heavy atom. The third kappa shape index (κ3) is 5.76. The van der Waals surface area contributed by atoms with Gasteiger partial charge in [0.15, 0.2) is 0 Å². The number of ether oxygens (including phenoxy) is 1. The molecule has 0 radical (unpaired) electrons. The second kappa shape index (κ2) is 6.94. The van der Waals surface area contributed by atoms with Crippen molar-refractivity contribution in [3.8, 4) is 0 Å². The Labute approximate surface area is 127 Å². The lowest BCUT2D eigenvalue weighted by atomic mass is 9.75. The third-order valence-electron chi connectivity index (χ3n) is 3.40. The van der Waals surface area contributed by atoms with Crippen molar-refractivity contribution in [2.75, 3.05) is 13.2 Å². The van der Waals surface area contributed by atoms with Crippen molar-refractivity contribution in [2.45, 2.75) is 46.1 Å². The first kappa shape index (κ1) is 17.5. The zero-order valence-corrected chi connectivity index (χ0v) is 13.6. The molecule has 0 fully saturated rings. The van der Waals surface area contributed by atoms with Crippen LogP contribution in [0.4, 0.5) is 4.79 Å². The van der Waals surface area contributed by atoms with Gasteiger partial charge >= 0.3 is 6.09 Å². The van der Waals surface area contributed by atoms with Gasteiger partial charge in [-0.15, -0.1) is 0 Å². The van der Waals surface area contributed by atoms with E-state index >= 15 is 0 Å². The highest BCUT2D eigenvalue weighted by Crippen LogP contribution is 2.34. The Kier molecular flexibility index (Phi) is 5.78. The van der Waals surface area contributed by atoms with Gasteiger partial charge in [-0.05, 0) is 31.7 Å². The Hall–Kier alpha value is -1.55. The van der Waals surface area contributed by atoms with Gasteiger partial charge in [0.1, 0.15) is 5.60 Å². The zero-order chi connectivity index (χ0) is 16.1. The van der Waals surface area contributed by atoms with Crippen LogP contribution in [0, 0.1) is 5.41 Å². The van der Waals surface area contributed by atoms with Crippen molar-refractivity contribution < 1.29 is 14.6 Å². The van der Waals surface area contributed by atoms with Gasteiger partial charge in [0, 0.05) is 19.1 Å². The van der Waals surface area contributed by atoms with Crippen molar-refractivity contribution >= 4 is 6.09 Å². The molecule has 21 heavy (non-hydrogen) atoms. The summed E-state index contributed by atoms with van der Waals surface area (Å²) in [5, 5.41) is 12.4. The van der Waals surface area contributed by atoms with E-state index in [9.17, 15) is 9.90 Å². The van der Waals surface area contributed by atoms with Crippen molar-refractivity contribution in [3.63, 3.8) is 0 Å². The molecule has 2 N–H and O–H groups in total. The molecule has 1 atom stereocenters. The Morgan fingerprint density at radius 3 is 2.24 bits per heavy atom. The Morgan fingerprint density at radius 1 is 1.19 bits per heavy atom. The molecule has 4 nitrogen and oxygen atoms in total. The fourth-order valence-corrected chi connectivity index (χ4v) is 2.14. The highest BCUT2D eigenvalue weighted by molar-refractivity contribution is 5.67. The zero-order valence-electron chi connectivity index (χ0n) is 13.6. The molecule has 4 heteroatoms. The first-order valence-electron chi connectivity index (χ1n) is 7.28. The number of carbonyl (C=O) groups excluding carboxylic acids is 1. The molecule has 0 aromatic heterocycles. The summed E-state index contributed by atoms with van der Waals surface area (Å²) in [5.41, 5.74) is 0.238. The maximum Gasteiger partial charge on any atom is 0.407 e. The molecular weight excluding hydrogens is 266 g/mol. The van der Waals surface area contributed by atoms with E-state index in [0.717, 1.165) is 5.56 Å². The normalized spacial score (nSPS) is 13.6. The number of amides is 1. The summed E-state index contributed by atoms with van der Waals surface area (Å²) < 4.78 is 5.26. The monoisotopic (exact) mass is 293 g/mol. The van der Waals surface area contributed by atoms with Crippen LogP contribution >= 0.6 is 0 Å². The van der Waals surface area contributed by atoms with Crippen LogP contribution in [0.1, 0.15) is 46.1 Å². The maximum atomic E-state index is 11.8. The summed E-state index contributed by atoms with van der Waals surface area (Å²) in [6.45, 7) is 9.94. The first-order chi connectivity index (χ1) is 9.65. The molecule has 1 unspecified atom stereocenters. The molecule has 0 spiro atoms. The largest absolute Gasteiger partial charge is 0.444 e. The highest BCUT2D eigenvalue weighted by atomic mass is 16.6. The highest BCUT2D eigenvalue weighted by Gasteiger charge is 2.31. The fourth-order valence-electron chi connectivity index (χ4n) is 2.14. The molecule has 0 aliphatic rings. The summed E-state index contributed by atoms with van der Waals surface area (Å²) in [6, 6.07) is 9.90. The number of aliphatic hydroxyl groups is 1. The molecular formula is C17H27NO3. The summed E-state index contributed by atoms with van der Waals surface area (Å²) in [6.07, 6.45) is -0.433. The molecule has 118 valence electrons. The average molecular weight is 293 g/mol. The van der Waals surface area contributed by atoms with E-state index in [1.165, 1.54) is 0 Å². The minimum atomic E-state index is -0.515. The van der Waals surface area contributed by atoms with Gasteiger partial charge in [-0.2, -0.15) is 0 Å². The second-order valence-electron chi connectivity index (χ2n) is 6.99. The number of aliphatic hydroxyl groups excluding tert-OH is 1. The topological polar surface area (TPSA) is 58.6 Å². The predicted octanol–water partition coefficient (Wildman–Crippen LogP) is 3.31. The smallest absolute Gasteiger partial charge is 0.407 e. The summed E-state index contributed by atoms with van der Waals surface area (Å²) in [7, 11) is 0. The first-order valence-corrected chi connectivity index (χ1v) is 7.28. The molecule has 1 aromatic rings. The number of rotatable bonds is 5. The minimum absolute atomic E-state index is 0.0104. The van der Waals surface area contributed by atoms with Gasteiger partial charge in [-0.3, -0.25) is 0 Å². The summed E-state index contributed by atoms with van der Waals surface area (Å²) in [4.78, 5) is 11.8. The molecule has 0 saturated heterocycles. The van der Waals surface area contributed by atoms with Crippen molar-refractivity contribution in [2.24, 2.45) is 5.41 Å². The number of alkyl carbamates (subject to hydrolysis) is 1. The lowest BCUT2D eigenvalue weighted by Crippen LogP contribution is -2.39. The summed E-state index contributed by atoms with van der Waals surface area (Å²) in [5.74, 6) is 0.0104. The van der Waals surface area contributed by atoms with E-state index in [2.05, 4.69) is 5.32 Å². The molecule has 0 bridgehead atoms. The lowest BCUT2D eigenvalue weighted by molar-refractivity contribution is 0.0504. The van der Waals surface area contributed by atoms with E-state index in [0.29, 0.717) is 6.54 Å². The van der Waals surface area contributed by atoms with Gasteiger partial charge in [0.25, 0.3) is 0 Å². The quantitative estimate of drug-likeness (QED) is 0.875. The van der Waals surface area contributed by atoms with Crippen LogP contribution in [0.25, 0.3) is 0 Å². The van der Waals surface area contributed by atoms with Gasteiger partial charge in [0.05, 0.1) is 0 Å². The van der Waals surface area contributed by atoms with E-state index in [1.54, 1.807) is 0 Å². The number of hydrogen-bond acceptors (Lipinski definition) is 3. The molecule has 1 amide bonds. The molecule has 0 heterocycles. The van der Waals surface area contributed by atoms with Crippen molar-refractivity contribution in [1.82, 2.24) is 5.32 Å². The van der Waals surface area contributed by atoms with Gasteiger partial charge in [0.2, 0.25) is 0 Å². The van der Waals surface area contributed by atoms with Crippen molar-refractivity contribution in [1.29, 1.82) is 0 Å². The van der Waals surface area contributed by atoms with E-state index in [-0.39, 0.29) is 17.9 Å². The number of nitrogens with one attached hydrogen (secondary N) is 1. The van der Waals surface area contributed by atoms with Crippen LogP contribution in [0.2, 0.25) is 0 Å². The van der Waals surface area contributed by atoms with Crippen LogP contribution in [0.3, 0.4) is 0 Å². The van der Waals surface area contributed by atoms with E-state index < -0.39 is 11.7 Å². The molecule has 0 saturated carbocycles. The van der Waals surface area contributed by atoms with Gasteiger partial charge in [-0.25, -0.2) is 4.79 Å². The minimum Gasteiger partial charge on any atom is -0.444 e. The number of carbonyl (C=O) groups is 1. The predicted molar refractivity (Wildman–Crippen MR) is 84.3 cm³/mol. The second-order valence-corrected chi connectivity index (χ2v) is 6.99. The Bertz CT molecular complexity index is 449. The van der Waals surface area contributed by atoms with Crippen LogP contribution in [0.15, 0.2) is 30.3 Å². The van der Waals surface area contributed by atoms with Crippen molar-refractivity contribution in [3.05, 3.63) is 35.9 Å². The molecule has 0 aliphatic heterocycles. The SMILES string of the molecule is CC(C)(C)OC(=O)NCC(c1ccccc1)C(C)(C)CO. The number of hydrogen-bond donors (Lipinski definition) is 2. The lowest BCUT2D eigenvalue weighted by Gasteiger charge is -2.33. The average Bonchev–Trinajstić information content (AvgIpc) is 2.38. The third-order valence-corrected chi connectivity index (χ3v) is 3.40. The maximum absolute atomic E-state index is 11.8. The van der Waals surface area contributed by atoms with E-state index in [4.69, 9.17) is 4.74 Å².